The minimum atomic E-state index is -0.598. The van der Waals surface area contributed by atoms with Crippen molar-refractivity contribution in [1.29, 1.82) is 0 Å². The van der Waals surface area contributed by atoms with Gasteiger partial charge in [-0.2, -0.15) is 0 Å². The Kier molecular flexibility index (Phi) is 3.61. The van der Waals surface area contributed by atoms with Gasteiger partial charge < -0.3 is 20.7 Å². The zero-order chi connectivity index (χ0) is 15.5. The summed E-state index contributed by atoms with van der Waals surface area (Å²) in [6.07, 6.45) is 0. The Morgan fingerprint density at radius 3 is 2.73 bits per heavy atom. The number of benzene rings is 2. The van der Waals surface area contributed by atoms with Crippen LogP contribution in [-0.2, 0) is 4.79 Å². The number of urea groups is 1. The predicted octanol–water partition coefficient (Wildman–Crippen LogP) is 2.80. The molecule has 22 heavy (non-hydrogen) atoms. The van der Waals surface area contributed by atoms with Gasteiger partial charge in [0.15, 0.2) is 12.4 Å². The maximum atomic E-state index is 13.6. The summed E-state index contributed by atoms with van der Waals surface area (Å²) in [6, 6.07) is 10.5. The van der Waals surface area contributed by atoms with Crippen molar-refractivity contribution < 1.29 is 18.7 Å². The lowest BCUT2D eigenvalue weighted by Crippen LogP contribution is -2.27. The minimum Gasteiger partial charge on any atom is -0.479 e. The van der Waals surface area contributed by atoms with Crippen molar-refractivity contribution in [3.8, 4) is 5.75 Å². The summed E-state index contributed by atoms with van der Waals surface area (Å²) in [5.41, 5.74) is 0.925. The molecule has 0 aliphatic carbocycles. The van der Waals surface area contributed by atoms with Gasteiger partial charge in [0.25, 0.3) is 5.91 Å². The van der Waals surface area contributed by atoms with Crippen LogP contribution in [0.25, 0.3) is 0 Å². The number of nitrogens with one attached hydrogen (secondary N) is 3. The van der Waals surface area contributed by atoms with Gasteiger partial charge in [-0.1, -0.05) is 18.2 Å². The molecule has 1 aliphatic heterocycles. The fraction of sp³-hybridized carbons (Fsp3) is 0.0667. The lowest BCUT2D eigenvalue weighted by atomic mass is 10.2. The molecule has 2 aromatic carbocycles. The van der Waals surface area contributed by atoms with Crippen LogP contribution in [0.1, 0.15) is 0 Å². The summed E-state index contributed by atoms with van der Waals surface area (Å²) in [5, 5.41) is 7.61. The van der Waals surface area contributed by atoms with E-state index in [4.69, 9.17) is 4.74 Å². The standard InChI is InChI=1S/C15H12FN3O3/c16-9-6-11-14(22-8-13(20)18-11)12(7-9)19-15(21)17-10-4-2-1-3-5-10/h1-7H,8H2,(H,18,20)(H2,17,19,21). The molecular formula is C15H12FN3O3. The van der Waals surface area contributed by atoms with Crippen LogP contribution in [0.4, 0.5) is 26.2 Å². The normalized spacial score (nSPS) is 12.7. The third-order valence-electron chi connectivity index (χ3n) is 2.96. The maximum absolute atomic E-state index is 13.6. The molecule has 3 N–H and O–H groups in total. The Balaban J connectivity index is 1.80. The molecule has 3 rings (SSSR count). The molecule has 1 aliphatic rings. The smallest absolute Gasteiger partial charge is 0.323 e. The minimum absolute atomic E-state index is 0.142. The highest BCUT2D eigenvalue weighted by molar-refractivity contribution is 6.03. The molecule has 0 saturated heterocycles. The number of fused-ring (bicyclic) bond motifs is 1. The van der Waals surface area contributed by atoms with Crippen molar-refractivity contribution >= 4 is 29.0 Å². The van der Waals surface area contributed by atoms with E-state index in [2.05, 4.69) is 16.0 Å². The molecule has 0 bridgehead atoms. The Morgan fingerprint density at radius 1 is 1.18 bits per heavy atom. The van der Waals surface area contributed by atoms with E-state index < -0.39 is 11.8 Å². The lowest BCUT2D eigenvalue weighted by molar-refractivity contribution is -0.118. The van der Waals surface area contributed by atoms with Crippen molar-refractivity contribution in [1.82, 2.24) is 0 Å². The van der Waals surface area contributed by atoms with E-state index in [9.17, 15) is 14.0 Å². The third kappa shape index (κ3) is 2.98. The SMILES string of the molecule is O=C1COc2c(cc(F)cc2NC(=O)Nc2ccccc2)N1. The number of amides is 3. The summed E-state index contributed by atoms with van der Waals surface area (Å²) in [7, 11) is 0. The number of para-hydroxylation sites is 1. The molecule has 3 amide bonds. The largest absolute Gasteiger partial charge is 0.479 e. The highest BCUT2D eigenvalue weighted by atomic mass is 19.1. The lowest BCUT2D eigenvalue weighted by Gasteiger charge is -2.21. The van der Waals surface area contributed by atoms with Gasteiger partial charge in [0.1, 0.15) is 5.82 Å². The number of anilines is 3. The summed E-state index contributed by atoms with van der Waals surface area (Å²) in [4.78, 5) is 23.2. The van der Waals surface area contributed by atoms with Crippen molar-refractivity contribution in [3.05, 3.63) is 48.3 Å². The maximum Gasteiger partial charge on any atom is 0.323 e. The van der Waals surface area contributed by atoms with Crippen molar-refractivity contribution in [2.24, 2.45) is 0 Å². The van der Waals surface area contributed by atoms with E-state index in [-0.39, 0.29) is 29.6 Å². The van der Waals surface area contributed by atoms with E-state index in [0.717, 1.165) is 12.1 Å². The van der Waals surface area contributed by atoms with E-state index in [1.165, 1.54) is 0 Å². The van der Waals surface area contributed by atoms with E-state index in [1.54, 1.807) is 24.3 Å². The molecule has 0 saturated carbocycles. The van der Waals surface area contributed by atoms with Crippen LogP contribution in [0.3, 0.4) is 0 Å². The van der Waals surface area contributed by atoms with Crippen LogP contribution in [0, 0.1) is 5.82 Å². The van der Waals surface area contributed by atoms with Crippen LogP contribution in [0.15, 0.2) is 42.5 Å². The first kappa shape index (κ1) is 13.9. The van der Waals surface area contributed by atoms with Crippen molar-refractivity contribution in [2.45, 2.75) is 0 Å². The number of rotatable bonds is 2. The molecule has 1 heterocycles. The molecule has 0 atom stereocenters. The summed E-state index contributed by atoms with van der Waals surface area (Å²) in [5.74, 6) is -0.749. The van der Waals surface area contributed by atoms with Gasteiger partial charge in [-0.15, -0.1) is 0 Å². The first-order chi connectivity index (χ1) is 10.6. The van der Waals surface area contributed by atoms with Gasteiger partial charge >= 0.3 is 6.03 Å². The highest BCUT2D eigenvalue weighted by Crippen LogP contribution is 2.36. The molecular weight excluding hydrogens is 289 g/mol. The molecule has 0 aromatic heterocycles. The molecule has 2 aromatic rings. The Morgan fingerprint density at radius 2 is 1.95 bits per heavy atom. The second-order valence-corrected chi connectivity index (χ2v) is 4.61. The van der Waals surface area contributed by atoms with Crippen LogP contribution >= 0.6 is 0 Å². The Labute approximate surface area is 125 Å². The third-order valence-corrected chi connectivity index (χ3v) is 2.96. The first-order valence-corrected chi connectivity index (χ1v) is 6.51. The van der Waals surface area contributed by atoms with Crippen molar-refractivity contribution in [3.63, 3.8) is 0 Å². The van der Waals surface area contributed by atoms with E-state index in [1.807, 2.05) is 6.07 Å². The van der Waals surface area contributed by atoms with Gasteiger partial charge in [0.2, 0.25) is 0 Å². The molecule has 0 radical (unpaired) electrons. The number of halogens is 1. The molecule has 0 fully saturated rings. The van der Waals surface area contributed by atoms with E-state index in [0.29, 0.717) is 5.69 Å². The second-order valence-electron chi connectivity index (χ2n) is 4.61. The number of hydrogen-bond acceptors (Lipinski definition) is 3. The molecule has 6 nitrogen and oxygen atoms in total. The van der Waals surface area contributed by atoms with E-state index >= 15 is 0 Å². The van der Waals surface area contributed by atoms with Gasteiger partial charge in [-0.25, -0.2) is 9.18 Å². The molecule has 7 heteroatoms. The van der Waals surface area contributed by atoms with Crippen LogP contribution in [0.2, 0.25) is 0 Å². The Bertz CT molecular complexity index is 734. The number of ether oxygens (including phenoxy) is 1. The zero-order valence-electron chi connectivity index (χ0n) is 11.4. The average Bonchev–Trinajstić information content (AvgIpc) is 2.47. The van der Waals surface area contributed by atoms with Gasteiger partial charge in [0.05, 0.1) is 11.4 Å². The first-order valence-electron chi connectivity index (χ1n) is 6.51. The fourth-order valence-corrected chi connectivity index (χ4v) is 2.06. The van der Waals surface area contributed by atoms with Crippen LogP contribution in [0.5, 0.6) is 5.75 Å². The summed E-state index contributed by atoms with van der Waals surface area (Å²) >= 11 is 0. The van der Waals surface area contributed by atoms with Crippen LogP contribution < -0.4 is 20.7 Å². The van der Waals surface area contributed by atoms with Crippen LogP contribution in [-0.4, -0.2) is 18.5 Å². The summed E-state index contributed by atoms with van der Waals surface area (Å²) in [6.45, 7) is -0.187. The van der Waals surface area contributed by atoms with Gasteiger partial charge in [-0.3, -0.25) is 4.79 Å². The fourth-order valence-electron chi connectivity index (χ4n) is 2.06. The number of hydrogen-bond donors (Lipinski definition) is 3. The average molecular weight is 301 g/mol. The van der Waals surface area contributed by atoms with Gasteiger partial charge in [0, 0.05) is 17.8 Å². The predicted molar refractivity (Wildman–Crippen MR) is 79.6 cm³/mol. The van der Waals surface area contributed by atoms with Gasteiger partial charge in [-0.05, 0) is 12.1 Å². The number of carbonyl (C=O) groups excluding carboxylic acids is 2. The second kappa shape index (κ2) is 5.72. The number of carbonyl (C=O) groups is 2. The Hall–Kier alpha value is -3.09. The molecule has 0 spiro atoms. The zero-order valence-corrected chi connectivity index (χ0v) is 11.4. The molecule has 0 unspecified atom stereocenters. The highest BCUT2D eigenvalue weighted by Gasteiger charge is 2.21. The quantitative estimate of drug-likeness (QED) is 0.798. The summed E-state index contributed by atoms with van der Waals surface area (Å²) < 4.78 is 18.8. The molecule has 112 valence electrons. The monoisotopic (exact) mass is 301 g/mol. The van der Waals surface area contributed by atoms with Crippen molar-refractivity contribution in [2.75, 3.05) is 22.6 Å². The topological polar surface area (TPSA) is 79.5 Å².